The van der Waals surface area contributed by atoms with Crippen molar-refractivity contribution in [1.82, 2.24) is 9.55 Å². The second-order valence-electron chi connectivity index (χ2n) is 10.1. The summed E-state index contributed by atoms with van der Waals surface area (Å²) in [6.45, 7) is 0.265. The molecule has 0 saturated heterocycles. The highest BCUT2D eigenvalue weighted by molar-refractivity contribution is 6.08. The van der Waals surface area contributed by atoms with Gasteiger partial charge in [-0.3, -0.25) is 14.3 Å². The van der Waals surface area contributed by atoms with Crippen LogP contribution in [0.3, 0.4) is 0 Å². The van der Waals surface area contributed by atoms with E-state index in [1.54, 1.807) is 60.8 Å². The number of hydrogen-bond donors (Lipinski definition) is 0. The summed E-state index contributed by atoms with van der Waals surface area (Å²) in [5, 5.41) is 1.84. The number of carbonyl (C=O) groups is 1. The summed E-state index contributed by atoms with van der Waals surface area (Å²) in [5.41, 5.74) is 2.96. The van der Waals surface area contributed by atoms with Crippen molar-refractivity contribution in [3.05, 3.63) is 119 Å². The summed E-state index contributed by atoms with van der Waals surface area (Å²) in [7, 11) is 5.83. The lowest BCUT2D eigenvalue weighted by Crippen LogP contribution is -2.26. The number of aromatic nitrogens is 2. The molecule has 0 fully saturated rings. The fourth-order valence-electron chi connectivity index (χ4n) is 5.54. The zero-order valence-corrected chi connectivity index (χ0v) is 26.4. The topological polar surface area (TPSA) is 98.1 Å². The molecule has 6 aromatic rings. The van der Waals surface area contributed by atoms with E-state index in [4.69, 9.17) is 23.7 Å². The first-order valence-electron chi connectivity index (χ1n) is 14.1. The molecule has 0 aliphatic heterocycles. The molecule has 0 aliphatic rings. The number of hydrogen-bond acceptors (Lipinski definition) is 8. The van der Waals surface area contributed by atoms with Crippen molar-refractivity contribution in [2.24, 2.45) is 0 Å². The van der Waals surface area contributed by atoms with Crippen molar-refractivity contribution in [3.63, 3.8) is 0 Å². The molecule has 9 nitrogen and oxygen atoms in total. The van der Waals surface area contributed by atoms with Crippen molar-refractivity contribution in [1.29, 1.82) is 0 Å². The zero-order valence-electron chi connectivity index (χ0n) is 25.6. The van der Waals surface area contributed by atoms with E-state index in [0.717, 1.165) is 16.5 Å². The SMILES string of the molecule is COC(=O)c1c(-c2cc(OC)c(OC)c(OC)c2)c2ccc(OCc3ccnc4ccccc34)cc2c(=O)n1-c1ccccc1.Cl. The molecule has 234 valence electrons. The molecule has 0 amide bonds. The fourth-order valence-corrected chi connectivity index (χ4v) is 5.54. The van der Waals surface area contributed by atoms with Gasteiger partial charge in [-0.15, -0.1) is 12.4 Å². The lowest BCUT2D eigenvalue weighted by molar-refractivity contribution is 0.0591. The molecule has 0 spiro atoms. The summed E-state index contributed by atoms with van der Waals surface area (Å²) >= 11 is 0. The van der Waals surface area contributed by atoms with Gasteiger partial charge in [0.05, 0.1) is 39.3 Å². The highest BCUT2D eigenvalue weighted by atomic mass is 35.5. The lowest BCUT2D eigenvalue weighted by atomic mass is 9.95. The number of halogens is 1. The molecule has 0 saturated carbocycles. The van der Waals surface area contributed by atoms with E-state index in [1.165, 1.54) is 33.0 Å². The minimum Gasteiger partial charge on any atom is -0.493 e. The number of carbonyl (C=O) groups excluding carboxylic acids is 1. The Morgan fingerprint density at radius 2 is 1.46 bits per heavy atom. The molecule has 0 atom stereocenters. The maximum atomic E-state index is 14.3. The average molecular weight is 639 g/mol. The van der Waals surface area contributed by atoms with Gasteiger partial charge in [0.15, 0.2) is 11.5 Å². The Morgan fingerprint density at radius 3 is 2.13 bits per heavy atom. The van der Waals surface area contributed by atoms with Gasteiger partial charge in [-0.1, -0.05) is 36.4 Å². The lowest BCUT2D eigenvalue weighted by Gasteiger charge is -2.21. The predicted octanol–water partition coefficient (Wildman–Crippen LogP) is 7.02. The molecule has 0 aliphatic carbocycles. The molecule has 6 rings (SSSR count). The number of benzene rings is 4. The van der Waals surface area contributed by atoms with Crippen molar-refractivity contribution in [2.45, 2.75) is 6.61 Å². The normalized spacial score (nSPS) is 10.7. The highest BCUT2D eigenvalue weighted by Crippen LogP contribution is 2.44. The van der Waals surface area contributed by atoms with E-state index in [-0.39, 0.29) is 24.7 Å². The number of para-hydroxylation sites is 2. The van der Waals surface area contributed by atoms with Gasteiger partial charge >= 0.3 is 5.97 Å². The summed E-state index contributed by atoms with van der Waals surface area (Å²) in [4.78, 5) is 32.3. The number of methoxy groups -OCH3 is 4. The first-order valence-corrected chi connectivity index (χ1v) is 14.1. The molecular weight excluding hydrogens is 608 g/mol. The molecule has 2 aromatic heterocycles. The van der Waals surface area contributed by atoms with Gasteiger partial charge < -0.3 is 23.7 Å². The smallest absolute Gasteiger partial charge is 0.355 e. The van der Waals surface area contributed by atoms with E-state index in [9.17, 15) is 9.59 Å². The van der Waals surface area contributed by atoms with Gasteiger partial charge in [0, 0.05) is 28.4 Å². The van der Waals surface area contributed by atoms with Crippen LogP contribution < -0.4 is 24.5 Å². The van der Waals surface area contributed by atoms with Gasteiger partial charge in [0.2, 0.25) is 5.75 Å². The Hall–Kier alpha value is -5.54. The largest absolute Gasteiger partial charge is 0.493 e. The molecule has 4 aromatic carbocycles. The Morgan fingerprint density at radius 1 is 0.761 bits per heavy atom. The van der Waals surface area contributed by atoms with Crippen molar-refractivity contribution < 1.29 is 28.5 Å². The monoisotopic (exact) mass is 638 g/mol. The Balaban J connectivity index is 0.00000417. The number of ether oxygens (including phenoxy) is 5. The van der Waals surface area contributed by atoms with E-state index in [0.29, 0.717) is 50.6 Å². The third kappa shape index (κ3) is 5.68. The maximum absolute atomic E-state index is 14.3. The fraction of sp³-hybridized carbons (Fsp3) is 0.139. The highest BCUT2D eigenvalue weighted by Gasteiger charge is 2.27. The minimum absolute atomic E-state index is 0. The minimum atomic E-state index is -0.688. The van der Waals surface area contributed by atoms with Crippen LogP contribution in [0, 0.1) is 0 Å². The molecule has 2 heterocycles. The molecule has 46 heavy (non-hydrogen) atoms. The quantitative estimate of drug-likeness (QED) is 0.156. The van der Waals surface area contributed by atoms with Crippen LogP contribution in [-0.4, -0.2) is 44.0 Å². The number of fused-ring (bicyclic) bond motifs is 2. The third-order valence-electron chi connectivity index (χ3n) is 7.63. The summed E-state index contributed by atoms with van der Waals surface area (Å²) in [6.07, 6.45) is 1.75. The Bertz CT molecular complexity index is 2080. The Labute approximate surface area is 271 Å². The second kappa shape index (κ2) is 13.6. The summed E-state index contributed by atoms with van der Waals surface area (Å²) in [6, 6.07) is 27.4. The second-order valence-corrected chi connectivity index (χ2v) is 10.1. The van der Waals surface area contributed by atoms with Gasteiger partial charge in [-0.2, -0.15) is 0 Å². The molecule has 0 radical (unpaired) electrons. The van der Waals surface area contributed by atoms with Crippen LogP contribution in [0.1, 0.15) is 16.1 Å². The average Bonchev–Trinajstić information content (AvgIpc) is 3.09. The third-order valence-corrected chi connectivity index (χ3v) is 7.63. The van der Waals surface area contributed by atoms with Crippen LogP contribution in [-0.2, 0) is 11.3 Å². The molecule has 0 bridgehead atoms. The van der Waals surface area contributed by atoms with E-state index in [1.807, 2.05) is 36.4 Å². The first-order chi connectivity index (χ1) is 22.0. The van der Waals surface area contributed by atoms with Crippen molar-refractivity contribution in [3.8, 4) is 39.8 Å². The van der Waals surface area contributed by atoms with E-state index in [2.05, 4.69) is 4.98 Å². The van der Waals surface area contributed by atoms with E-state index >= 15 is 0 Å². The van der Waals surface area contributed by atoms with Gasteiger partial charge in [-0.25, -0.2) is 4.79 Å². The Kier molecular flexibility index (Phi) is 9.44. The predicted molar refractivity (Wildman–Crippen MR) is 179 cm³/mol. The summed E-state index contributed by atoms with van der Waals surface area (Å²) in [5.74, 6) is 0.965. The summed E-state index contributed by atoms with van der Waals surface area (Å²) < 4.78 is 29.6. The number of nitrogens with zero attached hydrogens (tertiary/aromatic N) is 2. The van der Waals surface area contributed by atoms with E-state index < -0.39 is 11.5 Å². The van der Waals surface area contributed by atoms with Crippen molar-refractivity contribution >= 4 is 40.1 Å². The van der Waals surface area contributed by atoms with Crippen LogP contribution in [0.15, 0.2) is 102 Å². The van der Waals surface area contributed by atoms with Gasteiger partial charge in [0.1, 0.15) is 18.1 Å². The van der Waals surface area contributed by atoms with Crippen LogP contribution >= 0.6 is 12.4 Å². The van der Waals surface area contributed by atoms with Gasteiger partial charge in [-0.05, 0) is 65.5 Å². The number of esters is 1. The molecule has 10 heteroatoms. The number of rotatable bonds is 9. The van der Waals surface area contributed by atoms with Crippen LogP contribution in [0.2, 0.25) is 0 Å². The molecular formula is C36H31ClN2O7. The van der Waals surface area contributed by atoms with Crippen LogP contribution in [0.5, 0.6) is 23.0 Å². The molecule has 0 N–H and O–H groups in total. The first kappa shape index (κ1) is 31.9. The van der Waals surface area contributed by atoms with Crippen LogP contribution in [0.4, 0.5) is 0 Å². The van der Waals surface area contributed by atoms with Crippen molar-refractivity contribution in [2.75, 3.05) is 28.4 Å². The molecule has 0 unspecified atom stereocenters. The number of pyridine rings is 2. The van der Waals surface area contributed by atoms with Crippen LogP contribution in [0.25, 0.3) is 38.5 Å². The zero-order chi connectivity index (χ0) is 31.5. The maximum Gasteiger partial charge on any atom is 0.355 e. The standard InChI is InChI=1S/C36H30N2O7.ClH/c1-41-30-18-23(19-31(42-2)34(30)43-3)32-27-15-14-25(45-21-22-16-17-37-29-13-9-8-12-26(22)29)20-28(27)35(39)38(33(32)36(40)44-4)24-10-6-5-7-11-24;/h5-20H,21H2,1-4H3;1H. The van der Waals surface area contributed by atoms with Gasteiger partial charge in [0.25, 0.3) is 5.56 Å².